The molecule has 4 rings (SSSR count). The maximum atomic E-state index is 12.9. The third kappa shape index (κ3) is 3.30. The second-order valence-corrected chi connectivity index (χ2v) is 8.97. The van der Waals surface area contributed by atoms with Crippen LogP contribution in [0.4, 0.5) is 5.69 Å². The van der Waals surface area contributed by atoms with Crippen LogP contribution in [0.1, 0.15) is 21.7 Å². The smallest absolute Gasteiger partial charge is 0.263 e. The summed E-state index contributed by atoms with van der Waals surface area (Å²) in [6.07, 6.45) is 1.80. The summed E-state index contributed by atoms with van der Waals surface area (Å²) in [7, 11) is -3.83. The van der Waals surface area contributed by atoms with E-state index in [4.69, 9.17) is 11.6 Å². The lowest BCUT2D eigenvalue weighted by molar-refractivity contribution is 0.103. The van der Waals surface area contributed by atoms with Crippen molar-refractivity contribution in [2.45, 2.75) is 11.8 Å². The average Bonchev–Trinajstić information content (AvgIpc) is 3.21. The number of benzene rings is 2. The first-order chi connectivity index (χ1) is 13.4. The SMILES string of the molecule is Cc1nc2sccn2c1C(=O)c1ccc(NS(=O)(=O)c2ccccc2Cl)cc1. The van der Waals surface area contributed by atoms with E-state index >= 15 is 0 Å². The van der Waals surface area contributed by atoms with E-state index in [0.29, 0.717) is 22.6 Å². The monoisotopic (exact) mass is 431 g/mol. The van der Waals surface area contributed by atoms with Gasteiger partial charge in [-0.05, 0) is 43.3 Å². The van der Waals surface area contributed by atoms with Crippen molar-refractivity contribution >= 4 is 49.4 Å². The van der Waals surface area contributed by atoms with Crippen molar-refractivity contribution in [3.05, 3.63) is 82.1 Å². The number of ketones is 1. The molecule has 0 amide bonds. The van der Waals surface area contributed by atoms with Gasteiger partial charge in [0.15, 0.2) is 4.96 Å². The van der Waals surface area contributed by atoms with Gasteiger partial charge in [0.05, 0.1) is 10.7 Å². The molecule has 0 aliphatic carbocycles. The van der Waals surface area contributed by atoms with Crippen LogP contribution in [0.5, 0.6) is 0 Å². The van der Waals surface area contributed by atoms with Gasteiger partial charge in [-0.15, -0.1) is 11.3 Å². The lowest BCUT2D eigenvalue weighted by atomic mass is 10.1. The van der Waals surface area contributed by atoms with E-state index < -0.39 is 10.0 Å². The van der Waals surface area contributed by atoms with E-state index in [9.17, 15) is 13.2 Å². The molecule has 0 radical (unpaired) electrons. The van der Waals surface area contributed by atoms with E-state index in [-0.39, 0.29) is 15.7 Å². The molecule has 9 heteroatoms. The zero-order valence-corrected chi connectivity index (χ0v) is 17.0. The molecule has 28 heavy (non-hydrogen) atoms. The number of rotatable bonds is 5. The fourth-order valence-electron chi connectivity index (χ4n) is 2.87. The minimum absolute atomic E-state index is 0.00782. The fraction of sp³-hybridized carbons (Fsp3) is 0.0526. The Kier molecular flexibility index (Phi) is 4.70. The van der Waals surface area contributed by atoms with Crippen molar-refractivity contribution in [2.24, 2.45) is 0 Å². The lowest BCUT2D eigenvalue weighted by Gasteiger charge is -2.10. The molecule has 0 saturated carbocycles. The number of carbonyl (C=O) groups excluding carboxylic acids is 1. The highest BCUT2D eigenvalue weighted by Crippen LogP contribution is 2.24. The Bertz CT molecular complexity index is 1290. The number of nitrogens with zero attached hydrogens (tertiary/aromatic N) is 2. The molecule has 0 spiro atoms. The Morgan fingerprint density at radius 1 is 1.14 bits per heavy atom. The molecular weight excluding hydrogens is 418 g/mol. The highest BCUT2D eigenvalue weighted by molar-refractivity contribution is 7.92. The van der Waals surface area contributed by atoms with E-state index in [1.165, 1.54) is 23.5 Å². The van der Waals surface area contributed by atoms with Gasteiger partial charge in [0.25, 0.3) is 10.0 Å². The number of imidazole rings is 1. The van der Waals surface area contributed by atoms with E-state index in [1.807, 2.05) is 5.38 Å². The normalized spacial score (nSPS) is 11.6. The first kappa shape index (κ1) is 18.7. The van der Waals surface area contributed by atoms with Gasteiger partial charge >= 0.3 is 0 Å². The maximum Gasteiger partial charge on any atom is 0.263 e. The number of aromatic nitrogens is 2. The van der Waals surface area contributed by atoms with Gasteiger partial charge in [-0.3, -0.25) is 13.9 Å². The molecule has 0 atom stereocenters. The van der Waals surface area contributed by atoms with Gasteiger partial charge in [-0.25, -0.2) is 13.4 Å². The van der Waals surface area contributed by atoms with Crippen LogP contribution in [0.3, 0.4) is 0 Å². The number of anilines is 1. The first-order valence-corrected chi connectivity index (χ1v) is 10.9. The standard InChI is InChI=1S/C19H14ClN3O3S2/c1-12-17(23-10-11-27-19(23)21-12)18(24)13-6-8-14(9-7-13)22-28(25,26)16-5-3-2-4-15(16)20/h2-11,22H,1H3. The summed E-state index contributed by atoms with van der Waals surface area (Å²) in [6, 6.07) is 12.4. The Morgan fingerprint density at radius 3 is 2.57 bits per heavy atom. The minimum Gasteiger partial charge on any atom is -0.287 e. The number of carbonyl (C=O) groups is 1. The first-order valence-electron chi connectivity index (χ1n) is 8.21. The predicted octanol–water partition coefficient (Wildman–Crippen LogP) is 4.39. The highest BCUT2D eigenvalue weighted by atomic mass is 35.5. The van der Waals surface area contributed by atoms with E-state index in [0.717, 1.165) is 4.96 Å². The van der Waals surface area contributed by atoms with Crippen LogP contribution < -0.4 is 4.72 Å². The Morgan fingerprint density at radius 2 is 1.86 bits per heavy atom. The molecule has 6 nitrogen and oxygen atoms in total. The Hall–Kier alpha value is -2.68. The van der Waals surface area contributed by atoms with Crippen LogP contribution in [-0.2, 0) is 10.0 Å². The Balaban J connectivity index is 1.61. The molecule has 4 aromatic rings. The van der Waals surface area contributed by atoms with E-state index in [2.05, 4.69) is 9.71 Å². The van der Waals surface area contributed by atoms with Crippen LogP contribution in [-0.4, -0.2) is 23.6 Å². The molecule has 0 unspecified atom stereocenters. The van der Waals surface area contributed by atoms with Gasteiger partial charge in [-0.1, -0.05) is 23.7 Å². The quantitative estimate of drug-likeness (QED) is 0.475. The van der Waals surface area contributed by atoms with Crippen LogP contribution in [0.15, 0.2) is 65.0 Å². The number of thiazole rings is 1. The van der Waals surface area contributed by atoms with Crippen molar-refractivity contribution < 1.29 is 13.2 Å². The zero-order chi connectivity index (χ0) is 19.9. The zero-order valence-electron chi connectivity index (χ0n) is 14.6. The third-order valence-electron chi connectivity index (χ3n) is 4.18. The highest BCUT2D eigenvalue weighted by Gasteiger charge is 2.20. The molecule has 142 valence electrons. The van der Waals surface area contributed by atoms with Gasteiger partial charge in [0, 0.05) is 22.8 Å². The molecule has 2 heterocycles. The summed E-state index contributed by atoms with van der Waals surface area (Å²) < 4.78 is 29.3. The van der Waals surface area contributed by atoms with Crippen molar-refractivity contribution in [3.63, 3.8) is 0 Å². The third-order valence-corrected chi connectivity index (χ3v) is 6.81. The molecular formula is C19H14ClN3O3S2. The largest absolute Gasteiger partial charge is 0.287 e. The molecule has 0 aliphatic rings. The van der Waals surface area contributed by atoms with Crippen molar-refractivity contribution in [3.8, 4) is 0 Å². The van der Waals surface area contributed by atoms with Crippen LogP contribution in [0.25, 0.3) is 4.96 Å². The molecule has 0 aliphatic heterocycles. The number of sulfonamides is 1. The summed E-state index contributed by atoms with van der Waals surface area (Å²) in [5.74, 6) is -0.177. The van der Waals surface area contributed by atoms with Gasteiger partial charge < -0.3 is 0 Å². The minimum atomic E-state index is -3.83. The summed E-state index contributed by atoms with van der Waals surface area (Å²) in [5, 5.41) is 2.00. The summed E-state index contributed by atoms with van der Waals surface area (Å²) in [5.41, 5.74) is 1.93. The van der Waals surface area contributed by atoms with Gasteiger partial charge in [-0.2, -0.15) is 0 Å². The summed E-state index contributed by atoms with van der Waals surface area (Å²) >= 11 is 7.44. The van der Waals surface area contributed by atoms with Crippen LogP contribution in [0, 0.1) is 6.92 Å². The molecule has 2 aromatic heterocycles. The average molecular weight is 432 g/mol. The summed E-state index contributed by atoms with van der Waals surface area (Å²) in [4.78, 5) is 18.0. The second-order valence-electron chi connectivity index (χ2n) is 6.04. The topological polar surface area (TPSA) is 80.5 Å². The Labute approximate surface area is 170 Å². The molecule has 0 bridgehead atoms. The molecule has 1 N–H and O–H groups in total. The van der Waals surface area contributed by atoms with Gasteiger partial charge in [0.1, 0.15) is 10.6 Å². The molecule has 2 aromatic carbocycles. The van der Waals surface area contributed by atoms with E-state index in [1.54, 1.807) is 53.9 Å². The van der Waals surface area contributed by atoms with Crippen molar-refractivity contribution in [1.82, 2.24) is 9.38 Å². The second kappa shape index (κ2) is 7.05. The number of fused-ring (bicyclic) bond motifs is 1. The van der Waals surface area contributed by atoms with Crippen LogP contribution >= 0.6 is 22.9 Å². The number of halogens is 1. The fourth-order valence-corrected chi connectivity index (χ4v) is 5.21. The van der Waals surface area contributed by atoms with Crippen molar-refractivity contribution in [1.29, 1.82) is 0 Å². The summed E-state index contributed by atoms with van der Waals surface area (Å²) in [6.45, 7) is 1.79. The predicted molar refractivity (Wildman–Crippen MR) is 110 cm³/mol. The maximum absolute atomic E-state index is 12.9. The number of nitrogens with one attached hydrogen (secondary N) is 1. The lowest BCUT2D eigenvalue weighted by Crippen LogP contribution is -2.13. The number of aryl methyl sites for hydroxylation is 1. The van der Waals surface area contributed by atoms with Gasteiger partial charge in [0.2, 0.25) is 5.78 Å². The van der Waals surface area contributed by atoms with Crippen LogP contribution in [0.2, 0.25) is 5.02 Å². The molecule has 0 saturated heterocycles. The number of hydrogen-bond acceptors (Lipinski definition) is 5. The number of hydrogen-bond donors (Lipinski definition) is 1. The molecule has 0 fully saturated rings. The van der Waals surface area contributed by atoms with Crippen molar-refractivity contribution in [2.75, 3.05) is 4.72 Å².